The molecule has 2 aromatic carbocycles. The van der Waals surface area contributed by atoms with Crippen molar-refractivity contribution in [2.45, 2.75) is 0 Å². The number of phenolic OH excluding ortho intramolecular Hbond substituents is 1. The van der Waals surface area contributed by atoms with Gasteiger partial charge in [0, 0.05) is 23.2 Å². The summed E-state index contributed by atoms with van der Waals surface area (Å²) in [5, 5.41) is 10.5. The quantitative estimate of drug-likeness (QED) is 0.713. The molecule has 5 nitrogen and oxygen atoms in total. The Balaban J connectivity index is 0.00000192. The molecule has 1 N–H and O–H groups in total. The van der Waals surface area contributed by atoms with Crippen LogP contribution in [-0.4, -0.2) is 22.2 Å². The third-order valence-corrected chi connectivity index (χ3v) is 3.51. The molecule has 0 amide bonds. The zero-order valence-electron chi connectivity index (χ0n) is 11.9. The predicted molar refractivity (Wildman–Crippen MR) is 89.4 cm³/mol. The molecule has 0 aliphatic heterocycles. The maximum absolute atomic E-state index is 13.0. The van der Waals surface area contributed by atoms with Gasteiger partial charge in [-0.05, 0) is 30.3 Å². The fourth-order valence-corrected chi connectivity index (χ4v) is 2.32. The second kappa shape index (κ2) is 6.85. The Kier molecular flexibility index (Phi) is 5.08. The first-order chi connectivity index (χ1) is 10.6. The van der Waals surface area contributed by atoms with E-state index in [1.54, 1.807) is 6.07 Å². The highest BCUT2D eigenvalue weighted by molar-refractivity contribution is 6.30. The maximum Gasteiger partial charge on any atom is 0.162 e. The number of aromatic hydroxyl groups is 1. The number of aromatic nitrogens is 2. The number of rotatable bonds is 3. The Hall–Kier alpha value is -2.31. The van der Waals surface area contributed by atoms with Gasteiger partial charge in [0.2, 0.25) is 0 Å². The van der Waals surface area contributed by atoms with Crippen LogP contribution in [0.3, 0.4) is 0 Å². The number of nitrogens with zero attached hydrogens (tertiary/aromatic N) is 3. The molecule has 0 atom stereocenters. The van der Waals surface area contributed by atoms with E-state index in [-0.39, 0.29) is 24.0 Å². The van der Waals surface area contributed by atoms with E-state index in [1.165, 1.54) is 48.2 Å². The van der Waals surface area contributed by atoms with Gasteiger partial charge in [0.05, 0.1) is 18.3 Å². The van der Waals surface area contributed by atoms with Gasteiger partial charge in [-0.15, -0.1) is 12.4 Å². The van der Waals surface area contributed by atoms with E-state index in [2.05, 4.69) is 9.97 Å². The topological polar surface area (TPSA) is 58.5 Å². The molecule has 120 valence electrons. The highest BCUT2D eigenvalue weighted by Gasteiger charge is 2.15. The summed E-state index contributed by atoms with van der Waals surface area (Å²) >= 11 is 6.30. The number of halogens is 3. The summed E-state index contributed by atoms with van der Waals surface area (Å²) in [6.07, 6.45) is 1.35. The van der Waals surface area contributed by atoms with E-state index in [0.717, 1.165) is 0 Å². The standard InChI is InChI=1S/C15H11ClFN3O2.ClH/c1-22-14-7-12-11(6-13(14)21)15(19-8-18-12)20(16)10-4-2-9(17)3-5-10;/h2-8,21H,1H3;1H. The van der Waals surface area contributed by atoms with E-state index < -0.39 is 0 Å². The Labute approximate surface area is 142 Å². The fourth-order valence-electron chi connectivity index (χ4n) is 2.07. The smallest absolute Gasteiger partial charge is 0.162 e. The summed E-state index contributed by atoms with van der Waals surface area (Å²) < 4.78 is 19.3. The van der Waals surface area contributed by atoms with Crippen LogP contribution in [0.15, 0.2) is 42.7 Å². The van der Waals surface area contributed by atoms with E-state index in [9.17, 15) is 9.50 Å². The molecule has 0 fully saturated rings. The highest BCUT2D eigenvalue weighted by Crippen LogP contribution is 2.36. The van der Waals surface area contributed by atoms with Crippen molar-refractivity contribution in [1.29, 1.82) is 0 Å². The summed E-state index contributed by atoms with van der Waals surface area (Å²) in [7, 11) is 1.45. The Bertz CT molecular complexity index is 831. The molecule has 0 saturated heterocycles. The molecule has 0 spiro atoms. The molecule has 0 unspecified atom stereocenters. The zero-order chi connectivity index (χ0) is 15.7. The van der Waals surface area contributed by atoms with Gasteiger partial charge in [0.1, 0.15) is 12.1 Å². The average molecular weight is 356 g/mol. The summed E-state index contributed by atoms with van der Waals surface area (Å²) in [6.45, 7) is 0. The third-order valence-electron chi connectivity index (χ3n) is 3.15. The normalized spacial score (nSPS) is 10.2. The monoisotopic (exact) mass is 355 g/mol. The third kappa shape index (κ3) is 3.23. The summed E-state index contributed by atoms with van der Waals surface area (Å²) in [5.41, 5.74) is 1.10. The molecule has 0 bridgehead atoms. The number of fused-ring (bicyclic) bond motifs is 1. The molecule has 8 heteroatoms. The van der Waals surface area contributed by atoms with Gasteiger partial charge >= 0.3 is 0 Å². The lowest BCUT2D eigenvalue weighted by Gasteiger charge is -2.17. The van der Waals surface area contributed by atoms with Crippen molar-refractivity contribution in [3.05, 3.63) is 48.5 Å². The first-order valence-corrected chi connectivity index (χ1v) is 6.67. The first-order valence-electron chi connectivity index (χ1n) is 6.33. The molecule has 0 saturated carbocycles. The molecule has 0 aliphatic carbocycles. The van der Waals surface area contributed by atoms with Gasteiger partial charge in [-0.1, -0.05) is 0 Å². The van der Waals surface area contributed by atoms with Crippen LogP contribution in [0.2, 0.25) is 0 Å². The van der Waals surface area contributed by atoms with Crippen molar-refractivity contribution in [1.82, 2.24) is 9.97 Å². The molecule has 3 rings (SSSR count). The van der Waals surface area contributed by atoms with Crippen LogP contribution >= 0.6 is 24.2 Å². The maximum atomic E-state index is 13.0. The Morgan fingerprint density at radius 3 is 2.52 bits per heavy atom. The minimum absolute atomic E-state index is 0. The molecule has 3 aromatic rings. The molecule has 23 heavy (non-hydrogen) atoms. The minimum Gasteiger partial charge on any atom is -0.504 e. The van der Waals surface area contributed by atoms with Crippen molar-refractivity contribution in [3.63, 3.8) is 0 Å². The number of phenols is 1. The van der Waals surface area contributed by atoms with Crippen LogP contribution in [0.1, 0.15) is 0 Å². The largest absolute Gasteiger partial charge is 0.504 e. The van der Waals surface area contributed by atoms with E-state index in [4.69, 9.17) is 16.5 Å². The number of anilines is 2. The van der Waals surface area contributed by atoms with Crippen molar-refractivity contribution < 1.29 is 14.2 Å². The molecule has 0 radical (unpaired) electrons. The van der Waals surface area contributed by atoms with Crippen LogP contribution in [-0.2, 0) is 0 Å². The van der Waals surface area contributed by atoms with Crippen molar-refractivity contribution in [2.75, 3.05) is 11.5 Å². The van der Waals surface area contributed by atoms with Gasteiger partial charge in [0.15, 0.2) is 17.3 Å². The van der Waals surface area contributed by atoms with Crippen LogP contribution < -0.4 is 9.16 Å². The Morgan fingerprint density at radius 1 is 1.17 bits per heavy atom. The van der Waals surface area contributed by atoms with Crippen LogP contribution in [0, 0.1) is 5.82 Å². The number of benzene rings is 2. The number of hydrogen-bond donors (Lipinski definition) is 1. The zero-order valence-corrected chi connectivity index (χ0v) is 13.5. The van der Waals surface area contributed by atoms with E-state index in [0.29, 0.717) is 28.2 Å². The SMILES string of the molecule is COc1cc2ncnc(N(Cl)c3ccc(F)cc3)c2cc1O.Cl. The van der Waals surface area contributed by atoms with Gasteiger partial charge in [-0.2, -0.15) is 0 Å². The molecule has 1 heterocycles. The fraction of sp³-hybridized carbons (Fsp3) is 0.0667. The summed E-state index contributed by atoms with van der Waals surface area (Å²) in [5.74, 6) is 0.273. The van der Waals surface area contributed by atoms with Crippen LogP contribution in [0.25, 0.3) is 10.9 Å². The predicted octanol–water partition coefficient (Wildman–Crippen LogP) is 4.20. The van der Waals surface area contributed by atoms with Gasteiger partial charge in [-0.25, -0.2) is 18.8 Å². The van der Waals surface area contributed by atoms with Gasteiger partial charge in [-0.3, -0.25) is 0 Å². The van der Waals surface area contributed by atoms with Crippen molar-refractivity contribution >= 4 is 46.6 Å². The second-order valence-electron chi connectivity index (χ2n) is 4.50. The molecular formula is C15H12Cl2FN3O2. The lowest BCUT2D eigenvalue weighted by molar-refractivity contribution is 0.374. The number of hydrogen-bond acceptors (Lipinski definition) is 5. The Morgan fingerprint density at radius 2 is 1.87 bits per heavy atom. The number of ether oxygens (including phenoxy) is 1. The number of methoxy groups -OCH3 is 1. The molecule has 0 aliphatic rings. The lowest BCUT2D eigenvalue weighted by atomic mass is 10.2. The van der Waals surface area contributed by atoms with Crippen LogP contribution in [0.5, 0.6) is 11.5 Å². The van der Waals surface area contributed by atoms with Crippen LogP contribution in [0.4, 0.5) is 15.9 Å². The summed E-state index contributed by atoms with van der Waals surface area (Å²) in [4.78, 5) is 8.27. The highest BCUT2D eigenvalue weighted by atomic mass is 35.5. The second-order valence-corrected chi connectivity index (χ2v) is 4.83. The van der Waals surface area contributed by atoms with Gasteiger partial charge < -0.3 is 9.84 Å². The van der Waals surface area contributed by atoms with E-state index >= 15 is 0 Å². The average Bonchev–Trinajstić information content (AvgIpc) is 2.53. The molecular weight excluding hydrogens is 344 g/mol. The van der Waals surface area contributed by atoms with Crippen molar-refractivity contribution in [3.8, 4) is 11.5 Å². The first kappa shape index (κ1) is 17.1. The van der Waals surface area contributed by atoms with Crippen molar-refractivity contribution in [2.24, 2.45) is 0 Å². The minimum atomic E-state index is -0.358. The van der Waals surface area contributed by atoms with E-state index in [1.807, 2.05) is 0 Å². The molecule has 1 aromatic heterocycles. The summed E-state index contributed by atoms with van der Waals surface area (Å²) in [6, 6.07) is 8.72. The van der Waals surface area contributed by atoms with Gasteiger partial charge in [0.25, 0.3) is 0 Å². The lowest BCUT2D eigenvalue weighted by Crippen LogP contribution is -2.05.